The number of benzene rings is 1. The number of rotatable bonds is 7. The monoisotopic (exact) mass is 243 g/mol. The number of hydrogen-bond donors (Lipinski definition) is 1. The van der Waals surface area contributed by atoms with Crippen LogP contribution in [0.2, 0.25) is 0 Å². The molecule has 0 aliphatic rings. The number of nitrogens with one attached hydrogen (secondary N) is 1. The van der Waals surface area contributed by atoms with Crippen LogP contribution in [0.4, 0.5) is 0 Å². The molecule has 0 fully saturated rings. The third-order valence-electron chi connectivity index (χ3n) is 2.90. The van der Waals surface area contributed by atoms with Crippen molar-refractivity contribution in [1.29, 1.82) is 0 Å². The third-order valence-corrected chi connectivity index (χ3v) is 2.90. The largest absolute Gasteiger partial charge is 0.313 e. The summed E-state index contributed by atoms with van der Waals surface area (Å²) in [6.07, 6.45) is 7.73. The Kier molecular flexibility index (Phi) is 7.12. The van der Waals surface area contributed by atoms with Gasteiger partial charge in [0.15, 0.2) is 0 Å². The second kappa shape index (κ2) is 8.71. The van der Waals surface area contributed by atoms with Gasteiger partial charge in [0, 0.05) is 6.54 Å². The minimum Gasteiger partial charge on any atom is -0.313 e. The van der Waals surface area contributed by atoms with Crippen molar-refractivity contribution in [1.82, 2.24) is 5.32 Å². The van der Waals surface area contributed by atoms with E-state index >= 15 is 0 Å². The lowest BCUT2D eigenvalue weighted by molar-refractivity contribution is 0.653. The molecule has 0 aliphatic heterocycles. The van der Waals surface area contributed by atoms with Crippen LogP contribution in [0.15, 0.2) is 48.1 Å². The Morgan fingerprint density at radius 3 is 2.56 bits per heavy atom. The number of allylic oxidation sites excluding steroid dienone is 2. The summed E-state index contributed by atoms with van der Waals surface area (Å²) in [4.78, 5) is 0. The molecule has 1 rings (SSSR count). The average molecular weight is 243 g/mol. The van der Waals surface area contributed by atoms with Gasteiger partial charge >= 0.3 is 0 Å². The van der Waals surface area contributed by atoms with E-state index in [-0.39, 0.29) is 0 Å². The van der Waals surface area contributed by atoms with Crippen molar-refractivity contribution in [3.05, 3.63) is 53.6 Å². The van der Waals surface area contributed by atoms with Crippen LogP contribution < -0.4 is 5.32 Å². The zero-order chi connectivity index (χ0) is 13.2. The van der Waals surface area contributed by atoms with Crippen molar-refractivity contribution in [3.63, 3.8) is 0 Å². The highest BCUT2D eigenvalue weighted by atomic mass is 14.8. The predicted octanol–water partition coefficient (Wildman–Crippen LogP) is 4.28. The molecule has 0 atom stereocenters. The lowest BCUT2D eigenvalue weighted by Gasteiger charge is -2.11. The SMILES string of the molecule is CCCNCC(=CC=Cc1ccccc1)C(C)C. The summed E-state index contributed by atoms with van der Waals surface area (Å²) in [6, 6.07) is 10.4. The molecule has 1 heteroatoms. The van der Waals surface area contributed by atoms with Gasteiger partial charge in [-0.05, 0) is 24.4 Å². The van der Waals surface area contributed by atoms with Crippen LogP contribution in [0.25, 0.3) is 6.08 Å². The quantitative estimate of drug-likeness (QED) is 0.556. The molecular formula is C17H25N. The van der Waals surface area contributed by atoms with E-state index in [1.807, 2.05) is 6.07 Å². The molecule has 1 N–H and O–H groups in total. The molecule has 1 nitrogen and oxygen atoms in total. The van der Waals surface area contributed by atoms with Crippen molar-refractivity contribution in [2.75, 3.05) is 13.1 Å². The zero-order valence-corrected chi connectivity index (χ0v) is 11.8. The molecule has 0 unspecified atom stereocenters. The summed E-state index contributed by atoms with van der Waals surface area (Å²) in [7, 11) is 0. The first-order chi connectivity index (χ1) is 8.74. The van der Waals surface area contributed by atoms with Crippen molar-refractivity contribution in [2.24, 2.45) is 5.92 Å². The standard InChI is InChI=1S/C17H25N/c1-4-13-18-14-17(15(2)3)12-8-11-16-9-6-5-7-10-16/h5-12,15,18H,4,13-14H2,1-3H3. The first-order valence-corrected chi connectivity index (χ1v) is 6.87. The van der Waals surface area contributed by atoms with E-state index in [0.717, 1.165) is 13.1 Å². The Balaban J connectivity index is 2.57. The molecule has 0 aromatic heterocycles. The van der Waals surface area contributed by atoms with Crippen LogP contribution in [-0.2, 0) is 0 Å². The maximum absolute atomic E-state index is 3.46. The predicted molar refractivity (Wildman–Crippen MR) is 81.6 cm³/mol. The number of hydrogen-bond acceptors (Lipinski definition) is 1. The second-order valence-electron chi connectivity index (χ2n) is 4.84. The molecule has 0 spiro atoms. The van der Waals surface area contributed by atoms with E-state index < -0.39 is 0 Å². The highest BCUT2D eigenvalue weighted by molar-refractivity contribution is 5.51. The Labute approximate surface area is 112 Å². The van der Waals surface area contributed by atoms with Crippen molar-refractivity contribution in [3.8, 4) is 0 Å². The summed E-state index contributed by atoms with van der Waals surface area (Å²) in [5.74, 6) is 0.592. The molecule has 0 aliphatic carbocycles. The average Bonchev–Trinajstić information content (AvgIpc) is 2.38. The van der Waals surface area contributed by atoms with Gasteiger partial charge in [0.2, 0.25) is 0 Å². The molecule has 1 aromatic carbocycles. The summed E-state index contributed by atoms with van der Waals surface area (Å²) >= 11 is 0. The maximum atomic E-state index is 3.46. The molecule has 0 radical (unpaired) electrons. The van der Waals surface area contributed by atoms with Gasteiger partial charge in [-0.3, -0.25) is 0 Å². The molecule has 1 aromatic rings. The molecular weight excluding hydrogens is 218 g/mol. The first kappa shape index (κ1) is 14.7. The maximum Gasteiger partial charge on any atom is 0.0170 e. The van der Waals surface area contributed by atoms with E-state index in [0.29, 0.717) is 5.92 Å². The van der Waals surface area contributed by atoms with Crippen LogP contribution in [0, 0.1) is 5.92 Å². The Bertz CT molecular complexity index is 374. The van der Waals surface area contributed by atoms with Gasteiger partial charge in [0.1, 0.15) is 0 Å². The van der Waals surface area contributed by atoms with Gasteiger partial charge in [0.05, 0.1) is 0 Å². The second-order valence-corrected chi connectivity index (χ2v) is 4.84. The Morgan fingerprint density at radius 1 is 1.22 bits per heavy atom. The van der Waals surface area contributed by atoms with Crippen molar-refractivity contribution >= 4 is 6.08 Å². The van der Waals surface area contributed by atoms with Gasteiger partial charge in [-0.1, -0.05) is 74.9 Å². The normalized spacial score (nSPS) is 12.6. The molecule has 98 valence electrons. The van der Waals surface area contributed by atoms with Crippen LogP contribution in [0.1, 0.15) is 32.8 Å². The fourth-order valence-electron chi connectivity index (χ4n) is 1.71. The molecule has 0 amide bonds. The summed E-state index contributed by atoms with van der Waals surface area (Å²) in [6.45, 7) is 8.77. The van der Waals surface area contributed by atoms with Gasteiger partial charge in [-0.15, -0.1) is 0 Å². The van der Waals surface area contributed by atoms with Crippen molar-refractivity contribution in [2.45, 2.75) is 27.2 Å². The minimum absolute atomic E-state index is 0.592. The van der Waals surface area contributed by atoms with E-state index in [1.54, 1.807) is 0 Å². The van der Waals surface area contributed by atoms with E-state index in [2.05, 4.69) is 68.6 Å². The fourth-order valence-corrected chi connectivity index (χ4v) is 1.71. The molecule has 0 heterocycles. The molecule has 0 saturated heterocycles. The van der Waals surface area contributed by atoms with Crippen LogP contribution in [-0.4, -0.2) is 13.1 Å². The molecule has 0 saturated carbocycles. The highest BCUT2D eigenvalue weighted by Gasteiger charge is 2.00. The minimum atomic E-state index is 0.592. The van der Waals surface area contributed by atoms with Crippen LogP contribution >= 0.6 is 0 Å². The summed E-state index contributed by atoms with van der Waals surface area (Å²) in [5.41, 5.74) is 2.70. The fraction of sp³-hybridized carbons (Fsp3) is 0.412. The first-order valence-electron chi connectivity index (χ1n) is 6.87. The smallest absolute Gasteiger partial charge is 0.0170 e. The van der Waals surface area contributed by atoms with Gasteiger partial charge in [0.25, 0.3) is 0 Å². The van der Waals surface area contributed by atoms with E-state index in [1.165, 1.54) is 17.6 Å². The van der Waals surface area contributed by atoms with E-state index in [9.17, 15) is 0 Å². The zero-order valence-electron chi connectivity index (χ0n) is 11.8. The molecule has 18 heavy (non-hydrogen) atoms. The third kappa shape index (κ3) is 5.83. The topological polar surface area (TPSA) is 12.0 Å². The lowest BCUT2D eigenvalue weighted by Crippen LogP contribution is -2.19. The van der Waals surface area contributed by atoms with E-state index in [4.69, 9.17) is 0 Å². The van der Waals surface area contributed by atoms with Gasteiger partial charge in [-0.2, -0.15) is 0 Å². The Hall–Kier alpha value is -1.34. The highest BCUT2D eigenvalue weighted by Crippen LogP contribution is 2.09. The molecule has 0 bridgehead atoms. The Morgan fingerprint density at radius 2 is 1.94 bits per heavy atom. The summed E-state index contributed by atoms with van der Waals surface area (Å²) in [5, 5.41) is 3.46. The van der Waals surface area contributed by atoms with Crippen molar-refractivity contribution < 1.29 is 0 Å². The van der Waals surface area contributed by atoms with Crippen LogP contribution in [0.3, 0.4) is 0 Å². The van der Waals surface area contributed by atoms with Crippen LogP contribution in [0.5, 0.6) is 0 Å². The van der Waals surface area contributed by atoms with Gasteiger partial charge in [-0.25, -0.2) is 0 Å². The van der Waals surface area contributed by atoms with Gasteiger partial charge < -0.3 is 5.32 Å². The summed E-state index contributed by atoms with van der Waals surface area (Å²) < 4.78 is 0. The lowest BCUT2D eigenvalue weighted by atomic mass is 10.0.